The van der Waals surface area contributed by atoms with E-state index in [0.29, 0.717) is 6.54 Å². The standard InChI is InChI=1S/C20H22FNO3/c1-3-15(16-8-5-4-6-9-16)13-22-19(23)14(2)25-20(24)17-10-7-11-18(21)12-17/h4-12,14-15H,3,13H2,1-2H3,(H,22,23)/t14-,15+/m1/s1. The number of halogens is 1. The van der Waals surface area contributed by atoms with Crippen LogP contribution in [0.5, 0.6) is 0 Å². The van der Waals surface area contributed by atoms with E-state index in [9.17, 15) is 14.0 Å². The number of carbonyl (C=O) groups is 2. The Morgan fingerprint density at radius 3 is 2.48 bits per heavy atom. The third kappa shape index (κ3) is 5.41. The van der Waals surface area contributed by atoms with Crippen molar-refractivity contribution in [2.24, 2.45) is 0 Å². The highest BCUT2D eigenvalue weighted by Crippen LogP contribution is 2.18. The first kappa shape index (κ1) is 18.6. The predicted octanol–water partition coefficient (Wildman–Crippen LogP) is 3.68. The highest BCUT2D eigenvalue weighted by molar-refractivity contribution is 5.92. The van der Waals surface area contributed by atoms with Crippen LogP contribution in [0.4, 0.5) is 4.39 Å². The van der Waals surface area contributed by atoms with Crippen LogP contribution < -0.4 is 5.32 Å². The maximum atomic E-state index is 13.1. The first-order valence-corrected chi connectivity index (χ1v) is 8.30. The molecule has 0 fully saturated rings. The lowest BCUT2D eigenvalue weighted by atomic mass is 9.96. The van der Waals surface area contributed by atoms with E-state index < -0.39 is 17.9 Å². The highest BCUT2D eigenvalue weighted by atomic mass is 19.1. The Balaban J connectivity index is 1.88. The largest absolute Gasteiger partial charge is 0.449 e. The van der Waals surface area contributed by atoms with Gasteiger partial charge in [-0.05, 0) is 37.1 Å². The van der Waals surface area contributed by atoms with Gasteiger partial charge in [0.2, 0.25) is 0 Å². The number of benzene rings is 2. The van der Waals surface area contributed by atoms with Crippen LogP contribution in [0, 0.1) is 5.82 Å². The summed E-state index contributed by atoms with van der Waals surface area (Å²) in [7, 11) is 0. The quantitative estimate of drug-likeness (QED) is 0.780. The third-order valence-electron chi connectivity index (χ3n) is 4.00. The van der Waals surface area contributed by atoms with Crippen LogP contribution in [0.1, 0.15) is 42.1 Å². The van der Waals surface area contributed by atoms with E-state index in [4.69, 9.17) is 4.74 Å². The molecule has 0 radical (unpaired) electrons. The lowest BCUT2D eigenvalue weighted by Gasteiger charge is -2.18. The van der Waals surface area contributed by atoms with Crippen molar-refractivity contribution in [3.05, 3.63) is 71.5 Å². The van der Waals surface area contributed by atoms with Gasteiger partial charge in [0.05, 0.1) is 5.56 Å². The second kappa shape index (κ2) is 8.97. The Morgan fingerprint density at radius 1 is 1.12 bits per heavy atom. The Labute approximate surface area is 147 Å². The van der Waals surface area contributed by atoms with Gasteiger partial charge < -0.3 is 10.1 Å². The third-order valence-corrected chi connectivity index (χ3v) is 4.00. The minimum Gasteiger partial charge on any atom is -0.449 e. The summed E-state index contributed by atoms with van der Waals surface area (Å²) in [6, 6.07) is 15.1. The van der Waals surface area contributed by atoms with Crippen molar-refractivity contribution < 1.29 is 18.7 Å². The van der Waals surface area contributed by atoms with E-state index in [1.165, 1.54) is 25.1 Å². The molecule has 0 spiro atoms. The average molecular weight is 343 g/mol. The normalized spacial score (nSPS) is 12.9. The van der Waals surface area contributed by atoms with Crippen LogP contribution in [0.25, 0.3) is 0 Å². The molecule has 1 N–H and O–H groups in total. The smallest absolute Gasteiger partial charge is 0.339 e. The number of amides is 1. The molecule has 132 valence electrons. The Kier molecular flexibility index (Phi) is 6.69. The molecule has 0 aliphatic carbocycles. The summed E-state index contributed by atoms with van der Waals surface area (Å²) >= 11 is 0. The zero-order valence-corrected chi connectivity index (χ0v) is 14.4. The first-order valence-electron chi connectivity index (χ1n) is 8.30. The molecule has 2 rings (SSSR count). The molecule has 2 aromatic rings. The molecule has 0 bridgehead atoms. The van der Waals surface area contributed by atoms with Crippen molar-refractivity contribution >= 4 is 11.9 Å². The number of nitrogens with one attached hydrogen (secondary N) is 1. The number of rotatable bonds is 7. The van der Waals surface area contributed by atoms with Crippen molar-refractivity contribution in [1.82, 2.24) is 5.32 Å². The van der Waals surface area contributed by atoms with Crippen LogP contribution in [0.15, 0.2) is 54.6 Å². The van der Waals surface area contributed by atoms with Gasteiger partial charge in [-0.3, -0.25) is 4.79 Å². The molecule has 0 heterocycles. The van der Waals surface area contributed by atoms with Crippen molar-refractivity contribution in [2.45, 2.75) is 32.3 Å². The topological polar surface area (TPSA) is 55.4 Å². The molecule has 25 heavy (non-hydrogen) atoms. The van der Waals surface area contributed by atoms with Crippen LogP contribution in [0.3, 0.4) is 0 Å². The van der Waals surface area contributed by atoms with Crippen molar-refractivity contribution in [1.29, 1.82) is 0 Å². The zero-order valence-electron chi connectivity index (χ0n) is 14.4. The van der Waals surface area contributed by atoms with Crippen molar-refractivity contribution in [3.63, 3.8) is 0 Å². The van der Waals surface area contributed by atoms with Gasteiger partial charge in [0.25, 0.3) is 5.91 Å². The van der Waals surface area contributed by atoms with Crippen LogP contribution in [-0.2, 0) is 9.53 Å². The Hall–Kier alpha value is -2.69. The van der Waals surface area contributed by atoms with E-state index >= 15 is 0 Å². The first-order chi connectivity index (χ1) is 12.0. The molecule has 5 heteroatoms. The molecule has 2 atom stereocenters. The van der Waals surface area contributed by atoms with Gasteiger partial charge in [0, 0.05) is 12.5 Å². The lowest BCUT2D eigenvalue weighted by molar-refractivity contribution is -0.129. The minimum absolute atomic E-state index is 0.0790. The highest BCUT2D eigenvalue weighted by Gasteiger charge is 2.20. The molecular weight excluding hydrogens is 321 g/mol. The van der Waals surface area contributed by atoms with Gasteiger partial charge in [-0.1, -0.05) is 43.3 Å². The van der Waals surface area contributed by atoms with E-state index in [1.807, 2.05) is 30.3 Å². The van der Waals surface area contributed by atoms with Crippen LogP contribution in [-0.4, -0.2) is 24.5 Å². The predicted molar refractivity (Wildman–Crippen MR) is 93.8 cm³/mol. The molecule has 2 aromatic carbocycles. The molecule has 1 amide bonds. The summed E-state index contributed by atoms with van der Waals surface area (Å²) in [5, 5.41) is 2.81. The van der Waals surface area contributed by atoms with Gasteiger partial charge in [0.1, 0.15) is 5.82 Å². The number of hydrogen-bond acceptors (Lipinski definition) is 3. The van der Waals surface area contributed by atoms with Gasteiger partial charge in [-0.2, -0.15) is 0 Å². The van der Waals surface area contributed by atoms with E-state index in [-0.39, 0.29) is 17.4 Å². The average Bonchev–Trinajstić information content (AvgIpc) is 2.62. The fourth-order valence-electron chi connectivity index (χ4n) is 2.49. The summed E-state index contributed by atoms with van der Waals surface area (Å²) in [6.45, 7) is 4.01. The fraction of sp³-hybridized carbons (Fsp3) is 0.300. The number of hydrogen-bond donors (Lipinski definition) is 1. The summed E-state index contributed by atoms with van der Waals surface area (Å²) in [4.78, 5) is 24.1. The summed E-state index contributed by atoms with van der Waals surface area (Å²) in [5.41, 5.74) is 1.23. The molecule has 0 unspecified atom stereocenters. The number of esters is 1. The van der Waals surface area contributed by atoms with Gasteiger partial charge in [-0.25, -0.2) is 9.18 Å². The maximum absolute atomic E-state index is 13.1. The molecule has 0 aliphatic heterocycles. The number of ether oxygens (including phenoxy) is 1. The fourth-order valence-corrected chi connectivity index (χ4v) is 2.49. The summed E-state index contributed by atoms with van der Waals surface area (Å²) in [6.07, 6.45) is -0.0778. The molecular formula is C20H22FNO3. The van der Waals surface area contributed by atoms with E-state index in [0.717, 1.165) is 18.1 Å². The van der Waals surface area contributed by atoms with Gasteiger partial charge in [-0.15, -0.1) is 0 Å². The van der Waals surface area contributed by atoms with E-state index in [1.54, 1.807) is 0 Å². The van der Waals surface area contributed by atoms with Crippen molar-refractivity contribution in [3.8, 4) is 0 Å². The molecule has 0 aliphatic rings. The molecule has 0 aromatic heterocycles. The van der Waals surface area contributed by atoms with Crippen molar-refractivity contribution in [2.75, 3.05) is 6.54 Å². The Bertz CT molecular complexity index is 718. The lowest BCUT2D eigenvalue weighted by Crippen LogP contribution is -2.38. The monoisotopic (exact) mass is 343 g/mol. The minimum atomic E-state index is -0.955. The maximum Gasteiger partial charge on any atom is 0.339 e. The molecule has 4 nitrogen and oxygen atoms in total. The second-order valence-electron chi connectivity index (χ2n) is 5.82. The number of carbonyl (C=O) groups excluding carboxylic acids is 2. The summed E-state index contributed by atoms with van der Waals surface area (Å²) < 4.78 is 18.3. The molecule has 0 saturated heterocycles. The van der Waals surface area contributed by atoms with Gasteiger partial charge in [0.15, 0.2) is 6.10 Å². The van der Waals surface area contributed by atoms with Crippen LogP contribution >= 0.6 is 0 Å². The Morgan fingerprint density at radius 2 is 1.84 bits per heavy atom. The van der Waals surface area contributed by atoms with Gasteiger partial charge >= 0.3 is 5.97 Å². The second-order valence-corrected chi connectivity index (χ2v) is 5.82. The molecule has 0 saturated carbocycles. The summed E-state index contributed by atoms with van der Waals surface area (Å²) in [5.74, 6) is -1.44. The van der Waals surface area contributed by atoms with E-state index in [2.05, 4.69) is 12.2 Å². The SMILES string of the molecule is CC[C@@H](CNC(=O)[C@@H](C)OC(=O)c1cccc(F)c1)c1ccccc1. The zero-order chi connectivity index (χ0) is 18.2. The van der Waals surface area contributed by atoms with Crippen LogP contribution in [0.2, 0.25) is 0 Å².